The van der Waals surface area contributed by atoms with Crippen LogP contribution in [0, 0.1) is 18.3 Å². The van der Waals surface area contributed by atoms with Crippen LogP contribution >= 0.6 is 8.53 Å². The molecule has 1 saturated heterocycles. The Bertz CT molecular complexity index is 2510. The third-order valence-corrected chi connectivity index (χ3v) is 13.9. The molecule has 0 radical (unpaired) electrons. The van der Waals surface area contributed by atoms with Crippen molar-refractivity contribution in [2.24, 2.45) is 0 Å². The van der Waals surface area contributed by atoms with Gasteiger partial charge in [-0.05, 0) is 88.9 Å². The minimum Gasteiger partial charge on any atom is -0.497 e. The number of aromatic nitrogens is 2. The molecule has 1 aliphatic heterocycles. The van der Waals surface area contributed by atoms with Gasteiger partial charge in [0.15, 0.2) is 0 Å². The number of carbonyl (C=O) groups excluding carboxylic acids is 2. The fourth-order valence-electron chi connectivity index (χ4n) is 8.14. The molecule has 0 bridgehead atoms. The average Bonchev–Trinajstić information content (AvgIpc) is 3.79. The van der Waals surface area contributed by atoms with Crippen LogP contribution in [0.3, 0.4) is 0 Å². The number of hydrogen-bond donors (Lipinski definition) is 3. The van der Waals surface area contributed by atoms with Crippen LogP contribution in [0.25, 0.3) is 0 Å². The Morgan fingerprint density at radius 2 is 1.50 bits per heavy atom. The van der Waals surface area contributed by atoms with E-state index < -0.39 is 43.8 Å². The third kappa shape index (κ3) is 17.4. The minimum atomic E-state index is -1.73. The van der Waals surface area contributed by atoms with Crippen LogP contribution in [0.5, 0.6) is 11.5 Å². The Morgan fingerprint density at radius 1 is 0.878 bits per heavy atom. The smallest absolute Gasteiger partial charge is 0.330 e. The van der Waals surface area contributed by atoms with Crippen LogP contribution < -0.4 is 31.4 Å². The zero-order chi connectivity index (χ0) is 53.5. The first-order valence-corrected chi connectivity index (χ1v) is 26.0. The molecular weight excluding hydrogens is 972 g/mol. The lowest BCUT2D eigenvalue weighted by Crippen LogP contribution is -2.39. The zero-order valence-corrected chi connectivity index (χ0v) is 44.6. The number of carbonyl (C=O) groups is 2. The number of amides is 2. The number of nitriles is 1. The van der Waals surface area contributed by atoms with E-state index in [2.05, 4.69) is 60.6 Å². The molecule has 0 saturated carbocycles. The molecular formula is C54H73N6O13P. The van der Waals surface area contributed by atoms with Gasteiger partial charge >= 0.3 is 5.69 Å². The van der Waals surface area contributed by atoms with Crippen molar-refractivity contribution in [1.29, 1.82) is 5.26 Å². The predicted molar refractivity (Wildman–Crippen MR) is 280 cm³/mol. The van der Waals surface area contributed by atoms with Crippen molar-refractivity contribution in [3.63, 3.8) is 0 Å². The molecule has 5 rings (SSSR count). The number of ether oxygens (including phenoxy) is 7. The number of H-pyrrole nitrogens is 1. The van der Waals surface area contributed by atoms with E-state index in [1.807, 2.05) is 78.9 Å². The molecule has 2 unspecified atom stereocenters. The van der Waals surface area contributed by atoms with Gasteiger partial charge in [0.2, 0.25) is 11.8 Å². The highest BCUT2D eigenvalue weighted by atomic mass is 31.2. The lowest BCUT2D eigenvalue weighted by atomic mass is 9.80. The maximum Gasteiger partial charge on any atom is 0.330 e. The van der Waals surface area contributed by atoms with Crippen molar-refractivity contribution >= 4 is 20.3 Å². The van der Waals surface area contributed by atoms with E-state index in [9.17, 15) is 24.4 Å². The van der Waals surface area contributed by atoms with Crippen molar-refractivity contribution in [2.75, 3.05) is 73.2 Å². The summed E-state index contributed by atoms with van der Waals surface area (Å²) >= 11 is 0. The first kappa shape index (κ1) is 59.1. The summed E-state index contributed by atoms with van der Waals surface area (Å²) < 4.78 is 58.8. The van der Waals surface area contributed by atoms with Crippen molar-refractivity contribution in [3.8, 4) is 17.6 Å². The second-order valence-electron chi connectivity index (χ2n) is 18.0. The van der Waals surface area contributed by atoms with E-state index in [0.717, 1.165) is 16.7 Å². The van der Waals surface area contributed by atoms with Crippen molar-refractivity contribution in [3.05, 3.63) is 140 Å². The molecule has 1 fully saturated rings. The van der Waals surface area contributed by atoms with Crippen LogP contribution in [0.15, 0.2) is 107 Å². The van der Waals surface area contributed by atoms with E-state index in [0.29, 0.717) is 75.2 Å². The Hall–Kier alpha value is -5.78. The molecule has 3 N–H and O–H groups in total. The van der Waals surface area contributed by atoms with E-state index >= 15 is 0 Å². The number of aromatic amines is 1. The molecule has 20 heteroatoms. The number of rotatable bonds is 33. The summed E-state index contributed by atoms with van der Waals surface area (Å²) in [7, 11) is -0.121. The molecule has 74 heavy (non-hydrogen) atoms. The summed E-state index contributed by atoms with van der Waals surface area (Å²) in [5.74, 6) is 0.885. The first-order chi connectivity index (χ1) is 35.7. The highest BCUT2D eigenvalue weighted by Gasteiger charge is 2.45. The number of nitrogens with zero attached hydrogens (tertiary/aromatic N) is 3. The molecule has 3 aromatic carbocycles. The molecule has 4 aromatic rings. The fraction of sp³-hybridized carbons (Fsp3) is 0.500. The Kier molecular flexibility index (Phi) is 24.4. The second-order valence-corrected chi connectivity index (χ2v) is 19.4. The molecule has 1 aliphatic rings. The van der Waals surface area contributed by atoms with Crippen molar-refractivity contribution < 1.29 is 51.8 Å². The first-order valence-electron chi connectivity index (χ1n) is 24.9. The number of nitrogens with one attached hydrogen (secondary N) is 3. The lowest BCUT2D eigenvalue weighted by Gasteiger charge is -2.39. The second kappa shape index (κ2) is 30.6. The summed E-state index contributed by atoms with van der Waals surface area (Å²) in [5.41, 5.74) is 0.807. The van der Waals surface area contributed by atoms with E-state index in [-0.39, 0.29) is 63.1 Å². The summed E-state index contributed by atoms with van der Waals surface area (Å²) in [6, 6.07) is 27.3. The van der Waals surface area contributed by atoms with Crippen LogP contribution in [0.4, 0.5) is 0 Å². The van der Waals surface area contributed by atoms with Gasteiger partial charge in [0.1, 0.15) is 36.2 Å². The SMILES string of the molecule is C=C(C)C(=O)NCOCCOCCOCCNC(=O)CCCOc1ccc(C(OC[C@H]2O[C@@H](n3cc(C)c(=O)[nH]c3=O)C[C@@H]2OP(OCCC#N)N(C(C)C)C(C)C)(c2ccccc2)c2ccc(OC)cc2)cc1. The third-order valence-electron chi connectivity index (χ3n) is 11.8. The van der Waals surface area contributed by atoms with Crippen LogP contribution in [0.2, 0.25) is 0 Å². The summed E-state index contributed by atoms with van der Waals surface area (Å²) in [4.78, 5) is 52.2. The van der Waals surface area contributed by atoms with Gasteiger partial charge in [-0.2, -0.15) is 5.26 Å². The summed E-state index contributed by atoms with van der Waals surface area (Å²) in [5, 5.41) is 14.8. The van der Waals surface area contributed by atoms with E-state index in [1.165, 1.54) is 10.8 Å². The number of methoxy groups -OCH3 is 1. The quantitative estimate of drug-likeness (QED) is 0.0147. The van der Waals surface area contributed by atoms with Gasteiger partial charge in [-0.3, -0.25) is 23.9 Å². The Balaban J connectivity index is 1.28. The lowest BCUT2D eigenvalue weighted by molar-refractivity contribution is -0.121. The molecule has 0 spiro atoms. The highest BCUT2D eigenvalue weighted by Crippen LogP contribution is 2.50. The van der Waals surface area contributed by atoms with Gasteiger partial charge in [0, 0.05) is 48.8 Å². The maximum absolute atomic E-state index is 13.3. The summed E-state index contributed by atoms with van der Waals surface area (Å²) in [6.45, 7) is 17.7. The van der Waals surface area contributed by atoms with Gasteiger partial charge in [-0.25, -0.2) is 9.46 Å². The molecule has 2 heterocycles. The molecule has 0 aliphatic carbocycles. The molecule has 1 aromatic heterocycles. The normalized spacial score (nSPS) is 16.7. The van der Waals surface area contributed by atoms with Gasteiger partial charge in [-0.1, -0.05) is 61.2 Å². The standard InChI is InChI=1S/C54H73N6O13P/c1-38(2)51(62)57-37-68-33-32-67-31-30-66-29-26-56-49(61)16-12-27-69-46-23-19-44(20-24-46)54(42-14-10-9-11-15-42,43-17-21-45(65-8)22-18-43)70-36-48-47(34-50(72-48)59-35-41(7)52(63)58-53(59)64)73-74(71-28-13-25-55)60(39(3)4)40(5)6/h9-11,14-15,17-24,35,39-40,47-48,50H,1,12-13,16,26-34,36-37H2,2-8H3,(H,56,61)(H,57,62)(H,58,63,64)/t47-,48+,50+,54?,74?/m0/s1. The Labute approximate surface area is 435 Å². The van der Waals surface area contributed by atoms with Gasteiger partial charge < -0.3 is 52.8 Å². The van der Waals surface area contributed by atoms with Crippen molar-refractivity contribution in [1.82, 2.24) is 24.9 Å². The monoisotopic (exact) mass is 1040 g/mol. The summed E-state index contributed by atoms with van der Waals surface area (Å²) in [6.07, 6.45) is 0.394. The molecule has 19 nitrogen and oxygen atoms in total. The number of benzene rings is 3. The zero-order valence-electron chi connectivity index (χ0n) is 43.7. The molecule has 5 atom stereocenters. The predicted octanol–water partition coefficient (Wildman–Crippen LogP) is 6.79. The molecule has 402 valence electrons. The van der Waals surface area contributed by atoms with Gasteiger partial charge in [0.25, 0.3) is 14.1 Å². The highest BCUT2D eigenvalue weighted by molar-refractivity contribution is 7.44. The topological polar surface area (TPSA) is 223 Å². The fourth-order valence-corrected chi connectivity index (χ4v) is 9.90. The van der Waals surface area contributed by atoms with Crippen LogP contribution in [-0.2, 0) is 47.9 Å². The average molecular weight is 1050 g/mol. The van der Waals surface area contributed by atoms with Crippen LogP contribution in [0.1, 0.15) is 88.8 Å². The van der Waals surface area contributed by atoms with Crippen LogP contribution in [-0.4, -0.2) is 124 Å². The van der Waals surface area contributed by atoms with Gasteiger partial charge in [0.05, 0.1) is 78.6 Å². The number of aryl methyl sites for hydroxylation is 1. The maximum atomic E-state index is 13.3. The Morgan fingerprint density at radius 3 is 2.12 bits per heavy atom. The largest absolute Gasteiger partial charge is 0.497 e. The van der Waals surface area contributed by atoms with Gasteiger partial charge in [-0.15, -0.1) is 0 Å². The van der Waals surface area contributed by atoms with Crippen molar-refractivity contribution in [2.45, 2.75) is 103 Å². The minimum absolute atomic E-state index is 0.0247. The number of hydrogen-bond acceptors (Lipinski definition) is 15. The van der Waals surface area contributed by atoms with E-state index in [4.69, 9.17) is 42.2 Å². The molecule has 2 amide bonds. The van der Waals surface area contributed by atoms with E-state index in [1.54, 1.807) is 21.0 Å².